The van der Waals surface area contributed by atoms with Gasteiger partial charge < -0.3 is 49.4 Å². The molecule has 0 unspecified atom stereocenters. The van der Waals surface area contributed by atoms with Gasteiger partial charge in [-0.05, 0) is 84.7 Å². The lowest BCUT2D eigenvalue weighted by molar-refractivity contribution is -0.296. The summed E-state index contributed by atoms with van der Waals surface area (Å²) in [5.74, 6) is -5.64. The van der Waals surface area contributed by atoms with Gasteiger partial charge in [0.25, 0.3) is 5.67 Å². The number of aliphatic imine (C=N–C) groups is 1. The van der Waals surface area contributed by atoms with Crippen LogP contribution in [0, 0.1) is 17.8 Å². The molecule has 13 atom stereocenters. The van der Waals surface area contributed by atoms with Crippen LogP contribution in [0.15, 0.2) is 46.7 Å². The number of cyclic esters (lactones) is 1. The quantitative estimate of drug-likeness (QED) is 0.194. The van der Waals surface area contributed by atoms with Gasteiger partial charge in [-0.25, -0.2) is 18.9 Å². The lowest BCUT2D eigenvalue weighted by Gasteiger charge is -2.47. The first-order chi connectivity index (χ1) is 29.0. The predicted molar refractivity (Wildman–Crippen MR) is 227 cm³/mol. The molecule has 2 bridgehead atoms. The number of ketones is 1. The highest BCUT2D eigenvalue weighted by atomic mass is 19.1. The van der Waals surface area contributed by atoms with Crippen LogP contribution in [0.25, 0.3) is 5.69 Å². The summed E-state index contributed by atoms with van der Waals surface area (Å²) < 4.78 is 50.4. The van der Waals surface area contributed by atoms with Gasteiger partial charge in [0.1, 0.15) is 35.9 Å². The lowest BCUT2D eigenvalue weighted by Crippen LogP contribution is -2.61. The Bertz CT molecular complexity index is 1950. The Balaban J connectivity index is 1.65. The zero-order chi connectivity index (χ0) is 45.9. The van der Waals surface area contributed by atoms with Crippen molar-refractivity contribution in [3.63, 3.8) is 0 Å². The van der Waals surface area contributed by atoms with Crippen molar-refractivity contribution in [3.05, 3.63) is 42.1 Å². The highest BCUT2D eigenvalue weighted by Gasteiger charge is 2.56. The number of halogens is 1. The summed E-state index contributed by atoms with van der Waals surface area (Å²) in [5.41, 5.74) is 1.22. The Morgan fingerprint density at radius 3 is 2.35 bits per heavy atom. The monoisotopic (exact) mass is 872 g/mol. The fourth-order valence-electron chi connectivity index (χ4n) is 9.07. The largest absolute Gasteiger partial charge is 0.457 e. The van der Waals surface area contributed by atoms with Gasteiger partial charge in [0.15, 0.2) is 12.1 Å². The van der Waals surface area contributed by atoms with Crippen molar-refractivity contribution in [2.24, 2.45) is 27.9 Å². The van der Waals surface area contributed by atoms with Crippen molar-refractivity contribution in [2.75, 3.05) is 33.0 Å². The third-order valence-electron chi connectivity index (χ3n) is 12.4. The number of Topliss-reactive ketones (excluding diaryl/α,β-unsaturated/α-hetero) is 1. The maximum atomic E-state index is 16.9. The van der Waals surface area contributed by atoms with E-state index in [0.29, 0.717) is 18.0 Å². The number of benzene rings is 1. The third-order valence-corrected chi connectivity index (χ3v) is 12.4. The number of nitrogen functional groups attached to an aromatic ring is 1. The van der Waals surface area contributed by atoms with Crippen LogP contribution in [0.5, 0.6) is 0 Å². The number of likely N-dealkylation sites (N-methyl/N-ethyl adjacent to an activating group) is 1. The Hall–Kier alpha value is -4.17. The molecule has 3 aliphatic heterocycles. The number of ether oxygens (including phenoxy) is 5. The third kappa shape index (κ3) is 10.6. The topological polar surface area (TPSA) is 219 Å². The molecule has 1 amide bonds. The molecule has 3 saturated heterocycles. The van der Waals surface area contributed by atoms with Gasteiger partial charge in [-0.3, -0.25) is 9.59 Å². The van der Waals surface area contributed by atoms with Crippen LogP contribution in [0.3, 0.4) is 0 Å². The molecule has 0 radical (unpaired) electrons. The second-order valence-corrected chi connectivity index (χ2v) is 17.9. The number of aliphatic hydroxyl groups is 2. The van der Waals surface area contributed by atoms with Crippen molar-refractivity contribution >= 4 is 34.9 Å². The van der Waals surface area contributed by atoms with Crippen LogP contribution in [0.1, 0.15) is 87.1 Å². The second kappa shape index (κ2) is 19.7. The molecule has 4 N–H and O–H groups in total. The molecular formula is C44H65FN6O11. The van der Waals surface area contributed by atoms with E-state index >= 15 is 4.39 Å². The molecular weight excluding hydrogens is 808 g/mol. The van der Waals surface area contributed by atoms with Gasteiger partial charge >= 0.3 is 5.97 Å². The van der Waals surface area contributed by atoms with Crippen LogP contribution < -0.4 is 5.73 Å². The molecule has 3 aliphatic rings. The minimum Gasteiger partial charge on any atom is -0.457 e. The zero-order valence-corrected chi connectivity index (χ0v) is 37.7. The van der Waals surface area contributed by atoms with Crippen molar-refractivity contribution < 1.29 is 57.5 Å². The summed E-state index contributed by atoms with van der Waals surface area (Å²) in [6, 6.07) is 8.61. The molecule has 3 fully saturated rings. The first-order valence-electron chi connectivity index (χ1n) is 21.2. The fourth-order valence-corrected chi connectivity index (χ4v) is 9.07. The van der Waals surface area contributed by atoms with E-state index in [2.05, 4.69) is 15.2 Å². The second-order valence-electron chi connectivity index (χ2n) is 17.9. The van der Waals surface area contributed by atoms with Gasteiger partial charge in [0.05, 0.1) is 49.0 Å². The van der Waals surface area contributed by atoms with Crippen LogP contribution in [-0.4, -0.2) is 141 Å². The summed E-state index contributed by atoms with van der Waals surface area (Å²) in [6.45, 7) is 13.1. The van der Waals surface area contributed by atoms with E-state index in [1.807, 2.05) is 57.1 Å². The first kappa shape index (κ1) is 48.9. The van der Waals surface area contributed by atoms with Gasteiger partial charge in [-0.15, -0.1) is 0 Å². The smallest absolute Gasteiger partial charge is 0.351 e. The van der Waals surface area contributed by atoms with Crippen molar-refractivity contribution in [3.8, 4) is 5.69 Å². The molecule has 18 heteroatoms. The number of esters is 1. The minimum atomic E-state index is -3.22. The molecule has 344 valence electrons. The first-order valence-corrected chi connectivity index (χ1v) is 21.2. The maximum absolute atomic E-state index is 16.9. The normalized spacial score (nSPS) is 38.0. The number of carbonyl (C=O) groups excluding carboxylic acids is 3. The van der Waals surface area contributed by atoms with Gasteiger partial charge in [-0.2, -0.15) is 5.10 Å². The van der Waals surface area contributed by atoms with Gasteiger partial charge in [0, 0.05) is 36.6 Å². The van der Waals surface area contributed by atoms with E-state index in [1.54, 1.807) is 37.7 Å². The molecule has 0 spiro atoms. The van der Waals surface area contributed by atoms with E-state index in [9.17, 15) is 24.6 Å². The molecule has 1 aromatic heterocycles. The number of carbonyl (C=O) groups is 3. The molecule has 17 nitrogen and oxygen atoms in total. The van der Waals surface area contributed by atoms with Crippen molar-refractivity contribution in [1.29, 1.82) is 0 Å². The number of nitrogens with zero attached hydrogens (tertiary/aromatic N) is 5. The molecule has 4 heterocycles. The zero-order valence-electron chi connectivity index (χ0n) is 37.7. The number of oxime groups is 1. The van der Waals surface area contributed by atoms with Crippen molar-refractivity contribution in [2.45, 2.75) is 148 Å². The number of amides is 1. The number of fused-ring (bicyclic) bond motifs is 5. The van der Waals surface area contributed by atoms with E-state index in [-0.39, 0.29) is 44.5 Å². The van der Waals surface area contributed by atoms with Crippen molar-refractivity contribution in [1.82, 2.24) is 14.7 Å². The van der Waals surface area contributed by atoms with Gasteiger partial charge in [-0.1, -0.05) is 45.0 Å². The molecule has 0 saturated carbocycles. The Kier molecular flexibility index (Phi) is 15.5. The molecule has 0 aliphatic carbocycles. The molecule has 1 aromatic carbocycles. The number of hydrogen-bond donors (Lipinski definition) is 3. The van der Waals surface area contributed by atoms with Crippen LogP contribution in [0.4, 0.5) is 10.2 Å². The summed E-state index contributed by atoms with van der Waals surface area (Å²) in [6.07, 6.45) is -4.91. The van der Waals surface area contributed by atoms with E-state index in [1.165, 1.54) is 20.8 Å². The standard InChI is InChI=1S/C44H65FN6O11/c1-12-33-44(9,56)39-26(4)35(48-28(6)52)24(2)20-42(7,58-23-30(22-57-39)49-59-21-29-13-15-31(16-14-29)51-34(46)17-18-47-51)38(27(5)37(54)43(8,45)41(55)61-33)62-40-36(53)32(50(10)11)19-25(3)60-40/h13-18,24-27,32-33,36,38-40,53,56H,12,19-23,46H2,1-11H3/b48-35?,49-30+/t24-,25-,26+,27+,32+,33-,36-,38-,39+,40+,42-,43+,44-/m1/s1. The number of nitrogens with two attached hydrogens (primary N) is 1. The highest BCUT2D eigenvalue weighted by Crippen LogP contribution is 2.41. The van der Waals surface area contributed by atoms with Crippen LogP contribution >= 0.6 is 0 Å². The Morgan fingerprint density at radius 1 is 1.08 bits per heavy atom. The van der Waals surface area contributed by atoms with Crippen LogP contribution in [-0.2, 0) is 49.5 Å². The van der Waals surface area contributed by atoms with E-state index in [4.69, 9.17) is 34.3 Å². The van der Waals surface area contributed by atoms with Crippen LogP contribution in [0.2, 0.25) is 0 Å². The number of aromatic nitrogens is 2. The SMILES string of the molecule is CC[C@H]1OC(=O)[C@@](C)(F)C(=O)[C@H](C)[C@@H](O[C@@H]2O[C@H](C)C[C@H](N(C)C)[C@H]2O)[C@@]2(C)C[C@@H](C)C(=NC(C)=O)[C@H](C)[C@H](OC/C(=N\OCc3ccc(-n4nccc4N)cc3)CO2)[C@]1(C)O. The number of anilines is 1. The molecule has 5 rings (SSSR count). The number of hydrogen-bond acceptors (Lipinski definition) is 15. The average molecular weight is 873 g/mol. The summed E-state index contributed by atoms with van der Waals surface area (Å²) in [7, 11) is 3.63. The summed E-state index contributed by atoms with van der Waals surface area (Å²) >= 11 is 0. The molecule has 62 heavy (non-hydrogen) atoms. The minimum absolute atomic E-state index is 0.00197. The average Bonchev–Trinajstić information content (AvgIpc) is 3.64. The highest BCUT2D eigenvalue weighted by molar-refractivity contribution is 6.08. The number of alkyl halides is 1. The summed E-state index contributed by atoms with van der Waals surface area (Å²) in [4.78, 5) is 53.3. The fraction of sp³-hybridized carbons (Fsp3) is 0.682. The predicted octanol–water partition coefficient (Wildman–Crippen LogP) is 3.98. The van der Waals surface area contributed by atoms with E-state index in [0.717, 1.165) is 18.2 Å². The van der Waals surface area contributed by atoms with E-state index < -0.39 is 89.0 Å². The number of aliphatic hydroxyl groups excluding tert-OH is 1. The summed E-state index contributed by atoms with van der Waals surface area (Å²) in [5, 5.41) is 32.7. The Labute approximate surface area is 363 Å². The number of rotatable bonds is 8. The Morgan fingerprint density at radius 2 is 1.76 bits per heavy atom. The maximum Gasteiger partial charge on any atom is 0.351 e. The lowest BCUT2D eigenvalue weighted by atomic mass is 9.73. The molecule has 2 aromatic rings. The van der Waals surface area contributed by atoms with Gasteiger partial charge in [0.2, 0.25) is 5.91 Å².